The summed E-state index contributed by atoms with van der Waals surface area (Å²) in [5, 5.41) is 9.75. The van der Waals surface area contributed by atoms with Crippen molar-refractivity contribution in [2.75, 3.05) is 20.8 Å². The first-order chi connectivity index (χ1) is 8.12. The lowest BCUT2D eigenvalue weighted by atomic mass is 9.95. The Hall–Kier alpha value is -1.75. The molecule has 1 rings (SSSR count). The number of methoxy groups -OCH3 is 2. The van der Waals surface area contributed by atoms with E-state index < -0.39 is 0 Å². The van der Waals surface area contributed by atoms with Gasteiger partial charge in [-0.1, -0.05) is 0 Å². The van der Waals surface area contributed by atoms with Gasteiger partial charge in [-0.05, 0) is 24.7 Å². The quantitative estimate of drug-likeness (QED) is 0.749. The van der Waals surface area contributed by atoms with Gasteiger partial charge in [0.05, 0.1) is 20.6 Å². The number of phenolic OH excluding ortho intramolecular Hbond substituents is 1. The van der Waals surface area contributed by atoms with Crippen LogP contribution in [0.4, 0.5) is 0 Å². The average Bonchev–Trinajstić information content (AvgIpc) is 2.36. The fourth-order valence-corrected chi connectivity index (χ4v) is 1.59. The van der Waals surface area contributed by atoms with Crippen molar-refractivity contribution in [3.8, 4) is 11.5 Å². The highest BCUT2D eigenvalue weighted by Crippen LogP contribution is 2.31. The lowest BCUT2D eigenvalue weighted by Crippen LogP contribution is -2.17. The molecule has 5 nitrogen and oxygen atoms in total. The van der Waals surface area contributed by atoms with E-state index >= 15 is 0 Å². The summed E-state index contributed by atoms with van der Waals surface area (Å²) >= 11 is 0. The van der Waals surface area contributed by atoms with E-state index in [0.29, 0.717) is 11.3 Å². The van der Waals surface area contributed by atoms with Crippen LogP contribution in [-0.2, 0) is 9.53 Å². The maximum Gasteiger partial charge on any atom is 0.306 e. The van der Waals surface area contributed by atoms with Crippen molar-refractivity contribution in [2.24, 2.45) is 5.73 Å². The van der Waals surface area contributed by atoms with Gasteiger partial charge < -0.3 is 20.3 Å². The van der Waals surface area contributed by atoms with Crippen LogP contribution in [0, 0.1) is 0 Å². The summed E-state index contributed by atoms with van der Waals surface area (Å²) in [7, 11) is 2.86. The predicted octanol–water partition coefficient (Wildman–Crippen LogP) is 1.01. The topological polar surface area (TPSA) is 81.8 Å². The Morgan fingerprint density at radius 2 is 2.18 bits per heavy atom. The molecule has 1 aromatic carbocycles. The van der Waals surface area contributed by atoms with Crippen LogP contribution in [0.5, 0.6) is 11.5 Å². The minimum Gasteiger partial charge on any atom is -0.508 e. The number of carbonyl (C=O) groups excluding carboxylic acids is 1. The Morgan fingerprint density at radius 3 is 2.71 bits per heavy atom. The molecule has 0 aliphatic rings. The van der Waals surface area contributed by atoms with E-state index in [1.54, 1.807) is 12.1 Å². The third-order valence-corrected chi connectivity index (χ3v) is 2.60. The van der Waals surface area contributed by atoms with Gasteiger partial charge in [0.15, 0.2) is 0 Å². The molecule has 1 unspecified atom stereocenters. The zero-order valence-corrected chi connectivity index (χ0v) is 9.97. The Kier molecular flexibility index (Phi) is 4.78. The molecule has 0 saturated heterocycles. The van der Waals surface area contributed by atoms with E-state index in [2.05, 4.69) is 4.74 Å². The number of benzene rings is 1. The highest BCUT2D eigenvalue weighted by atomic mass is 16.5. The van der Waals surface area contributed by atoms with Crippen molar-refractivity contribution in [1.82, 2.24) is 0 Å². The van der Waals surface area contributed by atoms with Crippen molar-refractivity contribution in [2.45, 2.75) is 12.3 Å². The molecule has 0 radical (unpaired) electrons. The van der Waals surface area contributed by atoms with Gasteiger partial charge in [-0.2, -0.15) is 0 Å². The predicted molar refractivity (Wildman–Crippen MR) is 63.1 cm³/mol. The molecule has 0 spiro atoms. The smallest absolute Gasteiger partial charge is 0.306 e. The van der Waals surface area contributed by atoms with Crippen LogP contribution in [0.25, 0.3) is 0 Å². The van der Waals surface area contributed by atoms with Gasteiger partial charge in [0, 0.05) is 11.5 Å². The van der Waals surface area contributed by atoms with Gasteiger partial charge in [-0.15, -0.1) is 0 Å². The fraction of sp³-hybridized carbons (Fsp3) is 0.417. The van der Waals surface area contributed by atoms with Crippen molar-refractivity contribution in [1.29, 1.82) is 0 Å². The number of aromatic hydroxyl groups is 1. The average molecular weight is 239 g/mol. The van der Waals surface area contributed by atoms with Gasteiger partial charge in [0.2, 0.25) is 0 Å². The molecule has 0 aliphatic heterocycles. The molecule has 0 fully saturated rings. The molecule has 0 aliphatic carbocycles. The van der Waals surface area contributed by atoms with Crippen LogP contribution in [0.1, 0.15) is 17.9 Å². The minimum absolute atomic E-state index is 0.102. The van der Waals surface area contributed by atoms with Crippen molar-refractivity contribution in [3.63, 3.8) is 0 Å². The first-order valence-corrected chi connectivity index (χ1v) is 5.26. The highest BCUT2D eigenvalue weighted by molar-refractivity contribution is 5.70. The van der Waals surface area contributed by atoms with Crippen LogP contribution < -0.4 is 10.5 Å². The number of carbonyl (C=O) groups is 1. The van der Waals surface area contributed by atoms with Gasteiger partial charge >= 0.3 is 5.97 Å². The second-order valence-electron chi connectivity index (χ2n) is 3.64. The number of hydrogen-bond acceptors (Lipinski definition) is 5. The summed E-state index contributed by atoms with van der Waals surface area (Å²) in [6, 6.07) is 4.84. The summed E-state index contributed by atoms with van der Waals surface area (Å²) in [5.41, 5.74) is 6.20. The molecule has 1 atom stereocenters. The molecule has 0 aromatic heterocycles. The minimum atomic E-state index is -0.359. The largest absolute Gasteiger partial charge is 0.508 e. The summed E-state index contributed by atoms with van der Waals surface area (Å²) in [6.45, 7) is 0.246. The SMILES string of the molecule is COC(=O)CC(CN)c1cc(OC)ccc1O. The van der Waals surface area contributed by atoms with Crippen molar-refractivity contribution >= 4 is 5.97 Å². The Labute approximate surface area is 100 Å². The maximum atomic E-state index is 11.2. The molecular formula is C12H17NO4. The lowest BCUT2D eigenvalue weighted by molar-refractivity contribution is -0.141. The van der Waals surface area contributed by atoms with E-state index in [-0.39, 0.29) is 30.6 Å². The van der Waals surface area contributed by atoms with Gasteiger partial charge in [0.1, 0.15) is 11.5 Å². The zero-order valence-electron chi connectivity index (χ0n) is 9.97. The maximum absolute atomic E-state index is 11.2. The molecule has 0 bridgehead atoms. The molecule has 0 heterocycles. The number of esters is 1. The van der Waals surface area contributed by atoms with E-state index in [9.17, 15) is 9.90 Å². The monoisotopic (exact) mass is 239 g/mol. The summed E-state index contributed by atoms with van der Waals surface area (Å²) in [4.78, 5) is 11.2. The van der Waals surface area contributed by atoms with E-state index in [1.807, 2.05) is 0 Å². The van der Waals surface area contributed by atoms with Crippen LogP contribution in [0.3, 0.4) is 0 Å². The van der Waals surface area contributed by atoms with Crippen LogP contribution >= 0.6 is 0 Å². The summed E-state index contributed by atoms with van der Waals surface area (Å²) in [5.74, 6) is 0.0755. The third kappa shape index (κ3) is 3.35. The van der Waals surface area contributed by atoms with Gasteiger partial charge in [-0.3, -0.25) is 4.79 Å². The molecule has 17 heavy (non-hydrogen) atoms. The fourth-order valence-electron chi connectivity index (χ4n) is 1.59. The second-order valence-corrected chi connectivity index (χ2v) is 3.64. The third-order valence-electron chi connectivity index (χ3n) is 2.60. The van der Waals surface area contributed by atoms with E-state index in [4.69, 9.17) is 10.5 Å². The molecule has 0 saturated carbocycles. The molecule has 5 heteroatoms. The van der Waals surface area contributed by atoms with Gasteiger partial charge in [-0.25, -0.2) is 0 Å². The summed E-state index contributed by atoms with van der Waals surface area (Å²) in [6.07, 6.45) is 0.133. The zero-order chi connectivity index (χ0) is 12.8. The van der Waals surface area contributed by atoms with Crippen molar-refractivity contribution < 1.29 is 19.4 Å². The molecule has 3 N–H and O–H groups in total. The molecular weight excluding hydrogens is 222 g/mol. The van der Waals surface area contributed by atoms with Gasteiger partial charge in [0.25, 0.3) is 0 Å². The van der Waals surface area contributed by atoms with Crippen LogP contribution in [0.2, 0.25) is 0 Å². The van der Waals surface area contributed by atoms with E-state index in [1.165, 1.54) is 20.3 Å². The van der Waals surface area contributed by atoms with Crippen LogP contribution in [-0.4, -0.2) is 31.8 Å². The Balaban J connectivity index is 2.97. The number of nitrogens with two attached hydrogens (primary N) is 1. The Bertz CT molecular complexity index is 392. The molecule has 0 amide bonds. The number of ether oxygens (including phenoxy) is 2. The normalized spacial score (nSPS) is 11.9. The first-order valence-electron chi connectivity index (χ1n) is 5.26. The first kappa shape index (κ1) is 13.3. The van der Waals surface area contributed by atoms with E-state index in [0.717, 1.165) is 0 Å². The molecule has 94 valence electrons. The number of hydrogen-bond donors (Lipinski definition) is 2. The second kappa shape index (κ2) is 6.10. The Morgan fingerprint density at radius 1 is 1.47 bits per heavy atom. The number of rotatable bonds is 5. The lowest BCUT2D eigenvalue weighted by Gasteiger charge is -2.16. The highest BCUT2D eigenvalue weighted by Gasteiger charge is 2.18. The van der Waals surface area contributed by atoms with Crippen LogP contribution in [0.15, 0.2) is 18.2 Å². The standard InChI is InChI=1S/C12H17NO4/c1-16-9-3-4-11(14)10(6-9)8(7-13)5-12(15)17-2/h3-4,6,8,14H,5,7,13H2,1-2H3. The van der Waals surface area contributed by atoms with Crippen molar-refractivity contribution in [3.05, 3.63) is 23.8 Å². The number of phenols is 1. The summed E-state index contributed by atoms with van der Waals surface area (Å²) < 4.78 is 9.66. The molecule has 1 aromatic rings.